The lowest BCUT2D eigenvalue weighted by Gasteiger charge is -2.25. The third kappa shape index (κ3) is 2.76. The molecule has 1 aliphatic carbocycles. The number of aromatic amines is 1. The summed E-state index contributed by atoms with van der Waals surface area (Å²) in [5, 5.41) is 8.03. The molecular weight excluding hydrogens is 370 g/mol. The summed E-state index contributed by atoms with van der Waals surface area (Å²) in [6, 6.07) is 21.3. The summed E-state index contributed by atoms with van der Waals surface area (Å²) >= 11 is 0. The number of benzene rings is 2. The number of nitrogens with one attached hydrogen (secondary N) is 1. The van der Waals surface area contributed by atoms with Gasteiger partial charge in [-0.25, -0.2) is 0 Å². The van der Waals surface area contributed by atoms with E-state index in [4.69, 9.17) is 4.42 Å². The fourth-order valence-electron chi connectivity index (χ4n) is 4.38. The highest BCUT2D eigenvalue weighted by Crippen LogP contribution is 2.44. The lowest BCUT2D eigenvalue weighted by molar-refractivity contribution is 0.420. The van der Waals surface area contributed by atoms with Crippen LogP contribution in [-0.4, -0.2) is 15.2 Å². The van der Waals surface area contributed by atoms with Crippen LogP contribution in [0.25, 0.3) is 44.7 Å². The van der Waals surface area contributed by atoms with Crippen molar-refractivity contribution in [2.24, 2.45) is 0 Å². The average Bonchev–Trinajstić information content (AvgIpc) is 3.42. The van der Waals surface area contributed by atoms with E-state index in [1.54, 1.807) is 12.4 Å². The van der Waals surface area contributed by atoms with E-state index in [0.29, 0.717) is 0 Å². The van der Waals surface area contributed by atoms with Gasteiger partial charge in [-0.3, -0.25) is 10.1 Å². The van der Waals surface area contributed by atoms with Crippen LogP contribution < -0.4 is 0 Å². The second-order valence-electron chi connectivity index (χ2n) is 7.94. The van der Waals surface area contributed by atoms with Crippen LogP contribution in [0.1, 0.15) is 30.7 Å². The molecule has 2 aromatic carbocycles. The van der Waals surface area contributed by atoms with Crippen LogP contribution in [0.4, 0.5) is 0 Å². The van der Waals surface area contributed by atoms with E-state index < -0.39 is 0 Å². The Kier molecular flexibility index (Phi) is 4.01. The molecule has 4 heteroatoms. The Balaban J connectivity index is 1.59. The molecule has 0 unspecified atom stereocenters. The molecule has 0 saturated heterocycles. The molecule has 1 fully saturated rings. The normalized spacial score (nSPS) is 14.1. The number of furan rings is 1. The third-order valence-electron chi connectivity index (χ3n) is 6.19. The van der Waals surface area contributed by atoms with Gasteiger partial charge in [-0.05, 0) is 36.0 Å². The molecule has 3 aromatic heterocycles. The number of aromatic nitrogens is 3. The minimum Gasteiger partial charge on any atom is -0.455 e. The predicted octanol–water partition coefficient (Wildman–Crippen LogP) is 6.82. The first-order valence-corrected chi connectivity index (χ1v) is 10.4. The highest BCUT2D eigenvalue weighted by atomic mass is 16.3. The molecule has 1 saturated carbocycles. The zero-order chi connectivity index (χ0) is 19.9. The van der Waals surface area contributed by atoms with E-state index in [1.165, 1.54) is 24.8 Å². The molecule has 0 atom stereocenters. The molecule has 0 amide bonds. The largest absolute Gasteiger partial charge is 0.455 e. The van der Waals surface area contributed by atoms with Crippen LogP contribution in [0.15, 0.2) is 83.7 Å². The lowest BCUT2D eigenvalue weighted by atomic mass is 9.80. The van der Waals surface area contributed by atoms with Gasteiger partial charge < -0.3 is 4.42 Å². The number of H-pyrrole nitrogens is 1. The van der Waals surface area contributed by atoms with Crippen LogP contribution in [0.2, 0.25) is 0 Å². The first-order chi connectivity index (χ1) is 14.9. The quantitative estimate of drug-likeness (QED) is 0.366. The first-order valence-electron chi connectivity index (χ1n) is 10.4. The van der Waals surface area contributed by atoms with Crippen LogP contribution in [0.3, 0.4) is 0 Å². The number of rotatable bonds is 4. The fraction of sp³-hybridized carbons (Fsp3) is 0.154. The van der Waals surface area contributed by atoms with Gasteiger partial charge in [0.25, 0.3) is 0 Å². The summed E-state index contributed by atoms with van der Waals surface area (Å²) in [5.41, 5.74) is 7.37. The number of pyridine rings is 1. The Morgan fingerprint density at radius 2 is 1.70 bits per heavy atom. The van der Waals surface area contributed by atoms with Crippen molar-refractivity contribution in [2.45, 2.75) is 25.2 Å². The second kappa shape index (κ2) is 6.99. The molecule has 30 heavy (non-hydrogen) atoms. The van der Waals surface area contributed by atoms with Gasteiger partial charge in [0.1, 0.15) is 11.3 Å². The minimum absolute atomic E-state index is 0.722. The lowest BCUT2D eigenvalue weighted by Crippen LogP contribution is -2.08. The molecular formula is C26H21N3O. The van der Waals surface area contributed by atoms with E-state index in [2.05, 4.69) is 63.7 Å². The Morgan fingerprint density at radius 1 is 0.867 bits per heavy atom. The van der Waals surface area contributed by atoms with E-state index in [-0.39, 0.29) is 0 Å². The van der Waals surface area contributed by atoms with Gasteiger partial charge in [0.15, 0.2) is 0 Å². The zero-order valence-electron chi connectivity index (χ0n) is 16.5. The highest BCUT2D eigenvalue weighted by Gasteiger charge is 2.23. The van der Waals surface area contributed by atoms with Crippen molar-refractivity contribution in [3.8, 4) is 33.7 Å². The average molecular weight is 391 g/mol. The van der Waals surface area contributed by atoms with Crippen molar-refractivity contribution >= 4 is 11.0 Å². The maximum Gasteiger partial charge on any atom is 0.143 e. The third-order valence-corrected chi connectivity index (χ3v) is 6.19. The smallest absolute Gasteiger partial charge is 0.143 e. The zero-order valence-corrected chi connectivity index (χ0v) is 16.5. The maximum absolute atomic E-state index is 6.45. The molecule has 4 nitrogen and oxygen atoms in total. The van der Waals surface area contributed by atoms with Gasteiger partial charge in [-0.1, -0.05) is 61.0 Å². The summed E-state index contributed by atoms with van der Waals surface area (Å²) in [6.45, 7) is 0. The van der Waals surface area contributed by atoms with Crippen molar-refractivity contribution in [1.29, 1.82) is 0 Å². The summed E-state index contributed by atoms with van der Waals surface area (Å²) in [6.07, 6.45) is 9.43. The van der Waals surface area contributed by atoms with Crippen molar-refractivity contribution in [2.75, 3.05) is 0 Å². The fourth-order valence-corrected chi connectivity index (χ4v) is 4.38. The molecule has 0 spiro atoms. The summed E-state index contributed by atoms with van der Waals surface area (Å²) in [5.74, 6) is 1.61. The van der Waals surface area contributed by atoms with Crippen molar-refractivity contribution in [3.63, 3.8) is 0 Å². The Hall–Kier alpha value is -3.66. The molecule has 5 aromatic rings. The Bertz CT molecular complexity index is 1300. The standard InChI is InChI=1S/C26H21N3O/c1-2-5-19(6-3-1)23-24-22(13-14-27-25(24)21-15-28-29-16-21)30-26(23)20-11-9-18(10-12-20)17-7-4-8-17/h1-3,5-6,9-17H,4,7-8H2,(H,28,29). The molecule has 6 rings (SSSR count). The van der Waals surface area contributed by atoms with Gasteiger partial charge in [-0.2, -0.15) is 5.10 Å². The van der Waals surface area contributed by atoms with Crippen LogP contribution >= 0.6 is 0 Å². The summed E-state index contributed by atoms with van der Waals surface area (Å²) in [7, 11) is 0. The first kappa shape index (κ1) is 17.2. The van der Waals surface area contributed by atoms with Crippen LogP contribution in [0.5, 0.6) is 0 Å². The Morgan fingerprint density at radius 3 is 2.40 bits per heavy atom. The molecule has 0 aliphatic heterocycles. The summed E-state index contributed by atoms with van der Waals surface area (Å²) < 4.78 is 6.45. The molecule has 0 bridgehead atoms. The molecule has 146 valence electrons. The van der Waals surface area contributed by atoms with Crippen molar-refractivity contribution in [3.05, 3.63) is 84.8 Å². The van der Waals surface area contributed by atoms with Gasteiger partial charge >= 0.3 is 0 Å². The SMILES string of the molecule is c1ccc(-c2c(-c3ccc(C4CCC4)cc3)oc3ccnc(-c4cn[nH]c4)c23)cc1. The number of hydrogen-bond donors (Lipinski definition) is 1. The van der Waals surface area contributed by atoms with Crippen molar-refractivity contribution < 1.29 is 4.42 Å². The van der Waals surface area contributed by atoms with E-state index in [1.807, 2.05) is 18.3 Å². The van der Waals surface area contributed by atoms with Crippen LogP contribution in [0, 0.1) is 0 Å². The maximum atomic E-state index is 6.45. The van der Waals surface area contributed by atoms with E-state index in [9.17, 15) is 0 Å². The van der Waals surface area contributed by atoms with E-state index in [0.717, 1.165) is 50.6 Å². The minimum atomic E-state index is 0.722. The number of nitrogens with zero attached hydrogens (tertiary/aromatic N) is 2. The second-order valence-corrected chi connectivity index (χ2v) is 7.94. The van der Waals surface area contributed by atoms with Crippen LogP contribution in [-0.2, 0) is 0 Å². The number of fused-ring (bicyclic) bond motifs is 1. The van der Waals surface area contributed by atoms with Gasteiger partial charge in [0, 0.05) is 29.1 Å². The molecule has 0 radical (unpaired) electrons. The number of hydrogen-bond acceptors (Lipinski definition) is 3. The molecule has 1 aliphatic rings. The highest BCUT2D eigenvalue weighted by molar-refractivity contribution is 6.08. The molecule has 1 N–H and O–H groups in total. The van der Waals surface area contributed by atoms with Crippen molar-refractivity contribution in [1.82, 2.24) is 15.2 Å². The summed E-state index contributed by atoms with van der Waals surface area (Å²) in [4.78, 5) is 4.68. The van der Waals surface area contributed by atoms with E-state index >= 15 is 0 Å². The van der Waals surface area contributed by atoms with Gasteiger partial charge in [0.05, 0.1) is 17.3 Å². The topological polar surface area (TPSA) is 54.7 Å². The Labute approximate surface area is 174 Å². The molecule has 3 heterocycles. The predicted molar refractivity (Wildman–Crippen MR) is 119 cm³/mol. The van der Waals surface area contributed by atoms with Gasteiger partial charge in [0.2, 0.25) is 0 Å². The van der Waals surface area contributed by atoms with Gasteiger partial charge in [-0.15, -0.1) is 0 Å². The monoisotopic (exact) mass is 391 g/mol.